The Kier molecular flexibility index (Phi) is 8.38. The summed E-state index contributed by atoms with van der Waals surface area (Å²) in [4.78, 5) is 11.1. The number of carbonyl (C=O) groups excluding carboxylic acids is 1. The fourth-order valence-electron chi connectivity index (χ4n) is 1.71. The van der Waals surface area contributed by atoms with E-state index in [4.69, 9.17) is 0 Å². The number of carbonyl (C=O) groups is 1. The van der Waals surface area contributed by atoms with E-state index in [1.807, 2.05) is 0 Å². The first-order valence-electron chi connectivity index (χ1n) is 6.06. The van der Waals surface area contributed by atoms with Crippen molar-refractivity contribution in [2.24, 2.45) is 11.8 Å². The zero-order valence-electron chi connectivity index (χ0n) is 10.6. The smallest absolute Gasteiger partial charge is 0.220 e. The SMILES string of the molecule is CCC.CNC(=O)C[C@@H]1CCNC[C@H]1C. The van der Waals surface area contributed by atoms with Crippen LogP contribution < -0.4 is 10.6 Å². The van der Waals surface area contributed by atoms with E-state index in [-0.39, 0.29) is 5.91 Å². The molecule has 0 unspecified atom stereocenters. The van der Waals surface area contributed by atoms with Crippen LogP contribution in [0.2, 0.25) is 0 Å². The van der Waals surface area contributed by atoms with Crippen molar-refractivity contribution in [3.05, 3.63) is 0 Å². The Bertz CT molecular complexity index is 171. The van der Waals surface area contributed by atoms with Crippen molar-refractivity contribution in [2.75, 3.05) is 20.1 Å². The third-order valence-corrected chi connectivity index (χ3v) is 2.69. The van der Waals surface area contributed by atoms with Crippen LogP contribution in [0.3, 0.4) is 0 Å². The molecule has 0 bridgehead atoms. The number of hydrogen-bond donors (Lipinski definition) is 2. The quantitative estimate of drug-likeness (QED) is 0.736. The number of amides is 1. The van der Waals surface area contributed by atoms with E-state index in [0.717, 1.165) is 19.5 Å². The van der Waals surface area contributed by atoms with Crippen LogP contribution in [0.25, 0.3) is 0 Å². The van der Waals surface area contributed by atoms with Gasteiger partial charge in [0, 0.05) is 13.5 Å². The highest BCUT2D eigenvalue weighted by molar-refractivity contribution is 5.75. The highest BCUT2D eigenvalue weighted by atomic mass is 16.1. The zero-order chi connectivity index (χ0) is 11.7. The molecule has 3 nitrogen and oxygen atoms in total. The fraction of sp³-hybridized carbons (Fsp3) is 0.917. The first kappa shape index (κ1) is 14.4. The molecule has 0 aliphatic carbocycles. The summed E-state index contributed by atoms with van der Waals surface area (Å²) in [5.41, 5.74) is 0. The lowest BCUT2D eigenvalue weighted by Crippen LogP contribution is -2.37. The minimum atomic E-state index is 0.175. The first-order valence-corrected chi connectivity index (χ1v) is 6.06. The van der Waals surface area contributed by atoms with Crippen molar-refractivity contribution in [2.45, 2.75) is 40.0 Å². The monoisotopic (exact) mass is 214 g/mol. The highest BCUT2D eigenvalue weighted by Crippen LogP contribution is 2.21. The normalized spacial score (nSPS) is 25.1. The van der Waals surface area contributed by atoms with Crippen LogP contribution in [0.4, 0.5) is 0 Å². The van der Waals surface area contributed by atoms with Crippen LogP contribution >= 0.6 is 0 Å². The van der Waals surface area contributed by atoms with Crippen LogP contribution in [-0.4, -0.2) is 26.0 Å². The molecule has 1 aliphatic heterocycles. The van der Waals surface area contributed by atoms with Gasteiger partial charge in [-0.05, 0) is 31.3 Å². The summed E-state index contributed by atoms with van der Waals surface area (Å²) in [6, 6.07) is 0. The lowest BCUT2D eigenvalue weighted by atomic mass is 9.85. The largest absolute Gasteiger partial charge is 0.359 e. The molecule has 1 saturated heterocycles. The molecule has 0 aromatic carbocycles. The Morgan fingerprint density at radius 2 is 2.07 bits per heavy atom. The van der Waals surface area contributed by atoms with Gasteiger partial charge in [-0.2, -0.15) is 0 Å². The summed E-state index contributed by atoms with van der Waals surface area (Å²) in [5.74, 6) is 1.39. The average Bonchev–Trinajstić information content (AvgIpc) is 2.22. The summed E-state index contributed by atoms with van der Waals surface area (Å²) in [7, 11) is 1.70. The van der Waals surface area contributed by atoms with Gasteiger partial charge in [0.2, 0.25) is 5.91 Å². The molecule has 3 heteroatoms. The molecule has 1 aliphatic rings. The van der Waals surface area contributed by atoms with Crippen LogP contribution in [0.1, 0.15) is 40.0 Å². The van der Waals surface area contributed by atoms with E-state index in [1.165, 1.54) is 6.42 Å². The second kappa shape index (κ2) is 8.72. The summed E-state index contributed by atoms with van der Waals surface area (Å²) in [6.45, 7) is 8.58. The third kappa shape index (κ3) is 6.50. The second-order valence-corrected chi connectivity index (χ2v) is 4.31. The van der Waals surface area contributed by atoms with Crippen molar-refractivity contribution in [3.63, 3.8) is 0 Å². The third-order valence-electron chi connectivity index (χ3n) is 2.69. The molecule has 0 aromatic heterocycles. The van der Waals surface area contributed by atoms with E-state index >= 15 is 0 Å². The van der Waals surface area contributed by atoms with Crippen molar-refractivity contribution in [1.82, 2.24) is 10.6 Å². The molecular formula is C12H26N2O. The van der Waals surface area contributed by atoms with Crippen LogP contribution in [0.15, 0.2) is 0 Å². The molecular weight excluding hydrogens is 188 g/mol. The molecule has 0 saturated carbocycles. The van der Waals surface area contributed by atoms with Gasteiger partial charge in [-0.1, -0.05) is 27.2 Å². The standard InChI is InChI=1S/C9H18N2O.C3H8/c1-7-6-11-4-3-8(7)5-9(12)10-2;1-3-2/h7-8,11H,3-6H2,1-2H3,(H,10,12);3H2,1-2H3/t7-,8+;/m1./s1. The first-order chi connectivity index (χ1) is 7.15. The Hall–Kier alpha value is -0.570. The van der Waals surface area contributed by atoms with Crippen molar-refractivity contribution in [3.8, 4) is 0 Å². The predicted octanol–water partition coefficient (Wildman–Crippen LogP) is 1.78. The van der Waals surface area contributed by atoms with Gasteiger partial charge in [-0.25, -0.2) is 0 Å². The maximum Gasteiger partial charge on any atom is 0.220 e. The molecule has 1 rings (SSSR count). The molecule has 15 heavy (non-hydrogen) atoms. The molecule has 0 aromatic rings. The molecule has 90 valence electrons. The molecule has 0 spiro atoms. The van der Waals surface area contributed by atoms with E-state index in [1.54, 1.807) is 7.05 Å². The minimum absolute atomic E-state index is 0.175. The van der Waals surface area contributed by atoms with E-state index in [0.29, 0.717) is 18.3 Å². The van der Waals surface area contributed by atoms with Crippen LogP contribution in [0.5, 0.6) is 0 Å². The topological polar surface area (TPSA) is 41.1 Å². The Labute approximate surface area is 94.0 Å². The Morgan fingerprint density at radius 3 is 2.53 bits per heavy atom. The van der Waals surface area contributed by atoms with Crippen LogP contribution in [0, 0.1) is 11.8 Å². The Balaban J connectivity index is 0.000000583. The number of nitrogens with one attached hydrogen (secondary N) is 2. The second-order valence-electron chi connectivity index (χ2n) is 4.31. The molecule has 1 heterocycles. The van der Waals surface area contributed by atoms with Crippen molar-refractivity contribution in [1.29, 1.82) is 0 Å². The van der Waals surface area contributed by atoms with Gasteiger partial charge in [-0.15, -0.1) is 0 Å². The van der Waals surface area contributed by atoms with Crippen molar-refractivity contribution >= 4 is 5.91 Å². The van der Waals surface area contributed by atoms with Gasteiger partial charge < -0.3 is 10.6 Å². The molecule has 1 fully saturated rings. The summed E-state index contributed by atoms with van der Waals surface area (Å²) >= 11 is 0. The van der Waals surface area contributed by atoms with Gasteiger partial charge in [0.25, 0.3) is 0 Å². The summed E-state index contributed by atoms with van der Waals surface area (Å²) < 4.78 is 0. The maximum absolute atomic E-state index is 11.1. The highest BCUT2D eigenvalue weighted by Gasteiger charge is 2.22. The maximum atomic E-state index is 11.1. The van der Waals surface area contributed by atoms with Gasteiger partial charge in [-0.3, -0.25) is 4.79 Å². The molecule has 0 radical (unpaired) electrons. The number of piperidine rings is 1. The number of hydrogen-bond acceptors (Lipinski definition) is 2. The lowest BCUT2D eigenvalue weighted by molar-refractivity contribution is -0.122. The van der Waals surface area contributed by atoms with Gasteiger partial charge in [0.05, 0.1) is 0 Å². The van der Waals surface area contributed by atoms with E-state index < -0.39 is 0 Å². The minimum Gasteiger partial charge on any atom is -0.359 e. The van der Waals surface area contributed by atoms with Gasteiger partial charge >= 0.3 is 0 Å². The van der Waals surface area contributed by atoms with E-state index in [2.05, 4.69) is 31.4 Å². The zero-order valence-corrected chi connectivity index (χ0v) is 10.6. The average molecular weight is 214 g/mol. The van der Waals surface area contributed by atoms with E-state index in [9.17, 15) is 4.79 Å². The summed E-state index contributed by atoms with van der Waals surface area (Å²) in [6.07, 6.45) is 3.08. The molecule has 2 atom stereocenters. The lowest BCUT2D eigenvalue weighted by Gasteiger charge is -2.28. The molecule has 2 N–H and O–H groups in total. The van der Waals surface area contributed by atoms with Crippen LogP contribution in [-0.2, 0) is 4.79 Å². The van der Waals surface area contributed by atoms with Crippen molar-refractivity contribution < 1.29 is 4.79 Å². The summed E-state index contributed by atoms with van der Waals surface area (Å²) in [5, 5.41) is 6.00. The number of rotatable bonds is 2. The predicted molar refractivity (Wildman–Crippen MR) is 64.8 cm³/mol. The molecule has 1 amide bonds. The Morgan fingerprint density at radius 1 is 1.47 bits per heavy atom. The fourth-order valence-corrected chi connectivity index (χ4v) is 1.71. The van der Waals surface area contributed by atoms with Gasteiger partial charge in [0.15, 0.2) is 0 Å². The van der Waals surface area contributed by atoms with Gasteiger partial charge in [0.1, 0.15) is 0 Å².